The predicted octanol–water partition coefficient (Wildman–Crippen LogP) is 3.04. The smallest absolute Gasteiger partial charge is 0.231 e. The van der Waals surface area contributed by atoms with Gasteiger partial charge in [-0.25, -0.2) is 0 Å². The third kappa shape index (κ3) is 3.83. The second-order valence-electron chi connectivity index (χ2n) is 8.10. The predicted molar refractivity (Wildman–Crippen MR) is 104 cm³/mol. The maximum absolute atomic E-state index is 13.0. The lowest BCUT2D eigenvalue weighted by molar-refractivity contribution is -0.186. The number of pyridine rings is 1. The molecule has 2 saturated heterocycles. The van der Waals surface area contributed by atoms with Gasteiger partial charge in [0.2, 0.25) is 5.91 Å². The first-order valence-electron chi connectivity index (χ1n) is 9.63. The molecular weight excluding hydrogens is 342 g/mol. The van der Waals surface area contributed by atoms with Gasteiger partial charge in [0, 0.05) is 44.1 Å². The molecule has 0 aliphatic carbocycles. The van der Waals surface area contributed by atoms with E-state index in [4.69, 9.17) is 9.47 Å². The van der Waals surface area contributed by atoms with Crippen LogP contribution < -0.4 is 5.32 Å². The summed E-state index contributed by atoms with van der Waals surface area (Å²) in [7, 11) is 0. The molecule has 0 unspecified atom stereocenters. The number of benzene rings is 1. The molecule has 0 atom stereocenters. The highest BCUT2D eigenvalue weighted by Gasteiger charge is 2.41. The lowest BCUT2D eigenvalue weighted by Crippen LogP contribution is -2.49. The number of hydrogen-bond acceptors (Lipinski definition) is 5. The molecule has 144 valence electrons. The van der Waals surface area contributed by atoms with Crippen molar-refractivity contribution >= 4 is 22.5 Å². The summed E-state index contributed by atoms with van der Waals surface area (Å²) in [6.07, 6.45) is 3.47. The summed E-state index contributed by atoms with van der Waals surface area (Å²) in [5, 5.41) is 4.11. The molecule has 0 saturated carbocycles. The van der Waals surface area contributed by atoms with Crippen molar-refractivity contribution in [3.8, 4) is 0 Å². The van der Waals surface area contributed by atoms with E-state index in [1.54, 1.807) is 6.20 Å². The van der Waals surface area contributed by atoms with Crippen molar-refractivity contribution in [2.24, 2.45) is 5.41 Å². The van der Waals surface area contributed by atoms with E-state index in [-0.39, 0.29) is 11.7 Å². The molecule has 1 N–H and O–H groups in total. The summed E-state index contributed by atoms with van der Waals surface area (Å²) in [5.74, 6) is -0.369. The zero-order valence-corrected chi connectivity index (χ0v) is 16.0. The summed E-state index contributed by atoms with van der Waals surface area (Å²) in [6, 6.07) is 9.75. The number of hydrogen-bond donors (Lipinski definition) is 1. The van der Waals surface area contributed by atoms with Gasteiger partial charge in [-0.05, 0) is 26.0 Å². The van der Waals surface area contributed by atoms with Crippen molar-refractivity contribution in [3.05, 3.63) is 36.5 Å². The number of amides is 1. The van der Waals surface area contributed by atoms with Crippen LogP contribution in [-0.2, 0) is 14.3 Å². The van der Waals surface area contributed by atoms with E-state index in [0.29, 0.717) is 19.8 Å². The Kier molecular flexibility index (Phi) is 4.88. The standard InChI is InChI=1S/C21H27N3O3/c1-20(2,15-24-11-8-21(9-12-24)26-13-14-27-21)19(25)23-17-7-3-5-16-6-4-10-22-18(16)17/h3-7,10H,8-9,11-15H2,1-2H3,(H,23,25). The van der Waals surface area contributed by atoms with Gasteiger partial charge in [0.15, 0.2) is 5.79 Å². The zero-order chi connectivity index (χ0) is 18.9. The lowest BCUT2D eigenvalue weighted by atomic mass is 9.90. The van der Waals surface area contributed by atoms with Gasteiger partial charge in [-0.3, -0.25) is 9.78 Å². The van der Waals surface area contributed by atoms with Gasteiger partial charge in [-0.15, -0.1) is 0 Å². The van der Waals surface area contributed by atoms with E-state index < -0.39 is 5.41 Å². The molecule has 27 heavy (non-hydrogen) atoms. The molecule has 2 aromatic rings. The summed E-state index contributed by atoms with van der Waals surface area (Å²) in [6.45, 7) is 7.83. The summed E-state index contributed by atoms with van der Waals surface area (Å²) in [5.41, 5.74) is 1.06. The van der Waals surface area contributed by atoms with Gasteiger partial charge in [-0.1, -0.05) is 18.2 Å². The van der Waals surface area contributed by atoms with Crippen molar-refractivity contribution in [1.29, 1.82) is 0 Å². The summed E-state index contributed by atoms with van der Waals surface area (Å²) < 4.78 is 11.6. The van der Waals surface area contributed by atoms with Crippen LogP contribution in [0.2, 0.25) is 0 Å². The quantitative estimate of drug-likeness (QED) is 0.897. The molecule has 3 heterocycles. The number of nitrogens with one attached hydrogen (secondary N) is 1. The van der Waals surface area contributed by atoms with E-state index in [0.717, 1.165) is 42.5 Å². The minimum absolute atomic E-state index is 0.00862. The number of nitrogens with zero attached hydrogens (tertiary/aromatic N) is 2. The first-order valence-corrected chi connectivity index (χ1v) is 9.63. The highest BCUT2D eigenvalue weighted by atomic mass is 16.7. The van der Waals surface area contributed by atoms with Crippen LogP contribution in [0.15, 0.2) is 36.5 Å². The fraction of sp³-hybridized carbons (Fsp3) is 0.524. The van der Waals surface area contributed by atoms with Crippen LogP contribution in [-0.4, -0.2) is 54.4 Å². The van der Waals surface area contributed by atoms with Crippen molar-refractivity contribution in [2.75, 3.05) is 38.2 Å². The van der Waals surface area contributed by atoms with Crippen LogP contribution in [0.3, 0.4) is 0 Å². The van der Waals surface area contributed by atoms with Crippen LogP contribution in [0.1, 0.15) is 26.7 Å². The molecule has 6 heteroatoms. The maximum Gasteiger partial charge on any atom is 0.231 e. The Morgan fingerprint density at radius 3 is 2.63 bits per heavy atom. The van der Waals surface area contributed by atoms with E-state index in [1.807, 2.05) is 44.2 Å². The Labute approximate surface area is 159 Å². The van der Waals surface area contributed by atoms with E-state index >= 15 is 0 Å². The number of ether oxygens (including phenoxy) is 2. The Balaban J connectivity index is 1.40. The van der Waals surface area contributed by atoms with Crippen molar-refractivity contribution in [3.63, 3.8) is 0 Å². The van der Waals surface area contributed by atoms with Gasteiger partial charge >= 0.3 is 0 Å². The number of aromatic nitrogens is 1. The molecule has 6 nitrogen and oxygen atoms in total. The second-order valence-corrected chi connectivity index (χ2v) is 8.10. The highest BCUT2D eigenvalue weighted by Crippen LogP contribution is 2.33. The Hall–Kier alpha value is -2.02. The number of likely N-dealkylation sites (tertiary alicyclic amines) is 1. The lowest BCUT2D eigenvalue weighted by Gasteiger charge is -2.40. The number of anilines is 1. The fourth-order valence-electron chi connectivity index (χ4n) is 3.96. The van der Waals surface area contributed by atoms with Gasteiger partial charge in [-0.2, -0.15) is 0 Å². The molecule has 1 aromatic heterocycles. The number of carbonyl (C=O) groups is 1. The normalized spacial score (nSPS) is 20.2. The Morgan fingerprint density at radius 2 is 1.89 bits per heavy atom. The van der Waals surface area contributed by atoms with Gasteiger partial charge in [0.1, 0.15) is 0 Å². The molecule has 4 rings (SSSR count). The highest BCUT2D eigenvalue weighted by molar-refractivity contribution is 6.02. The topological polar surface area (TPSA) is 63.7 Å². The average Bonchev–Trinajstić information content (AvgIpc) is 3.12. The van der Waals surface area contributed by atoms with Crippen molar-refractivity contribution < 1.29 is 14.3 Å². The van der Waals surface area contributed by atoms with Crippen LogP contribution >= 0.6 is 0 Å². The fourth-order valence-corrected chi connectivity index (χ4v) is 3.96. The molecule has 2 aliphatic heterocycles. The van der Waals surface area contributed by atoms with E-state index in [2.05, 4.69) is 15.2 Å². The molecule has 0 radical (unpaired) electrons. The molecule has 1 amide bonds. The number of carbonyl (C=O) groups excluding carboxylic acids is 1. The average molecular weight is 369 g/mol. The van der Waals surface area contributed by atoms with Crippen LogP contribution in [0.25, 0.3) is 10.9 Å². The van der Waals surface area contributed by atoms with Gasteiger partial charge in [0.05, 0.1) is 29.8 Å². The largest absolute Gasteiger partial charge is 0.347 e. The number of para-hydroxylation sites is 1. The third-order valence-electron chi connectivity index (χ3n) is 5.55. The monoisotopic (exact) mass is 369 g/mol. The Morgan fingerprint density at radius 1 is 1.19 bits per heavy atom. The summed E-state index contributed by atoms with van der Waals surface area (Å²) in [4.78, 5) is 19.7. The van der Waals surface area contributed by atoms with E-state index in [9.17, 15) is 4.79 Å². The first kappa shape index (κ1) is 18.3. The molecule has 2 fully saturated rings. The Bertz CT molecular complexity index is 815. The molecule has 0 bridgehead atoms. The summed E-state index contributed by atoms with van der Waals surface area (Å²) >= 11 is 0. The second kappa shape index (κ2) is 7.19. The minimum atomic E-state index is -0.515. The van der Waals surface area contributed by atoms with Crippen LogP contribution in [0, 0.1) is 5.41 Å². The molecule has 1 spiro atoms. The molecule has 1 aromatic carbocycles. The van der Waals surface area contributed by atoms with Gasteiger partial charge < -0.3 is 19.7 Å². The molecular formula is C21H27N3O3. The third-order valence-corrected chi connectivity index (χ3v) is 5.55. The number of rotatable bonds is 4. The molecule has 2 aliphatic rings. The minimum Gasteiger partial charge on any atom is -0.347 e. The number of piperidine rings is 1. The van der Waals surface area contributed by atoms with E-state index in [1.165, 1.54) is 0 Å². The van der Waals surface area contributed by atoms with Crippen LogP contribution in [0.5, 0.6) is 0 Å². The number of fused-ring (bicyclic) bond motifs is 1. The SMILES string of the molecule is CC(C)(CN1CCC2(CC1)OCCO2)C(=O)Nc1cccc2cccnc12. The zero-order valence-electron chi connectivity index (χ0n) is 16.0. The van der Waals surface area contributed by atoms with Crippen LogP contribution in [0.4, 0.5) is 5.69 Å². The van der Waals surface area contributed by atoms with Crippen molar-refractivity contribution in [2.45, 2.75) is 32.5 Å². The maximum atomic E-state index is 13.0. The van der Waals surface area contributed by atoms with Crippen molar-refractivity contribution in [1.82, 2.24) is 9.88 Å². The van der Waals surface area contributed by atoms with Gasteiger partial charge in [0.25, 0.3) is 0 Å². The first-order chi connectivity index (χ1) is 13.0.